The van der Waals surface area contributed by atoms with Gasteiger partial charge in [-0.1, -0.05) is 36.0 Å². The molecule has 2 aromatic carbocycles. The Morgan fingerprint density at radius 3 is 2.60 bits per heavy atom. The number of rotatable bonds is 6. The number of benzene rings is 2. The monoisotopic (exact) mass is 427 g/mol. The minimum Gasteiger partial charge on any atom is -0.463 e. The van der Waals surface area contributed by atoms with Crippen LogP contribution in [0.25, 0.3) is 0 Å². The third-order valence-electron chi connectivity index (χ3n) is 4.70. The van der Waals surface area contributed by atoms with Crippen molar-refractivity contribution in [2.24, 2.45) is 4.99 Å². The highest BCUT2D eigenvalue weighted by atomic mass is 32.2. The summed E-state index contributed by atoms with van der Waals surface area (Å²) < 4.78 is 18.7. The predicted molar refractivity (Wildman–Crippen MR) is 121 cm³/mol. The van der Waals surface area contributed by atoms with Crippen LogP contribution in [0.4, 0.5) is 10.1 Å². The van der Waals surface area contributed by atoms with Gasteiger partial charge in [-0.05, 0) is 49.2 Å². The Labute approximate surface area is 181 Å². The van der Waals surface area contributed by atoms with Crippen LogP contribution in [-0.4, -0.2) is 31.8 Å². The van der Waals surface area contributed by atoms with E-state index in [0.717, 1.165) is 16.8 Å². The lowest BCUT2D eigenvalue weighted by atomic mass is 9.96. The van der Waals surface area contributed by atoms with Crippen LogP contribution in [0.1, 0.15) is 31.0 Å². The third-order valence-corrected chi connectivity index (χ3v) is 5.66. The van der Waals surface area contributed by atoms with Crippen LogP contribution in [0.15, 0.2) is 64.8 Å². The number of nitrogens with one attached hydrogen (secondary N) is 1. The van der Waals surface area contributed by atoms with Gasteiger partial charge < -0.3 is 15.0 Å². The van der Waals surface area contributed by atoms with E-state index in [4.69, 9.17) is 9.73 Å². The van der Waals surface area contributed by atoms with Crippen molar-refractivity contribution in [2.45, 2.75) is 25.6 Å². The fourth-order valence-electron chi connectivity index (χ4n) is 3.17. The van der Waals surface area contributed by atoms with Gasteiger partial charge in [-0.25, -0.2) is 14.2 Å². The van der Waals surface area contributed by atoms with Crippen molar-refractivity contribution in [3.05, 3.63) is 76.7 Å². The number of ether oxygens (including phenoxy) is 1. The summed E-state index contributed by atoms with van der Waals surface area (Å²) in [5.41, 5.74) is 4.06. The van der Waals surface area contributed by atoms with Crippen molar-refractivity contribution in [3.63, 3.8) is 0 Å². The highest BCUT2D eigenvalue weighted by Gasteiger charge is 2.30. The summed E-state index contributed by atoms with van der Waals surface area (Å²) in [6.45, 7) is 3.94. The zero-order valence-electron chi connectivity index (χ0n) is 17.6. The molecule has 2 aromatic rings. The maximum Gasteiger partial charge on any atom is 0.338 e. The van der Waals surface area contributed by atoms with Gasteiger partial charge >= 0.3 is 5.97 Å². The first-order valence-corrected chi connectivity index (χ1v) is 10.7. The second kappa shape index (κ2) is 9.80. The van der Waals surface area contributed by atoms with E-state index in [1.54, 1.807) is 13.0 Å². The standard InChI is InChI=1S/C23H26FN3O2S/c1-5-29-22(28)20-15(2)25-23(30-14-16-7-6-8-18(24)13-16)26-21(20)17-9-11-19(12-10-17)27(3)4/h6-13,21H,5,14H2,1-4H3,(H,25,26)/t21-/m0/s1. The molecule has 0 fully saturated rings. The number of esters is 1. The Morgan fingerprint density at radius 2 is 1.97 bits per heavy atom. The van der Waals surface area contributed by atoms with Crippen LogP contribution in [0.5, 0.6) is 0 Å². The van der Waals surface area contributed by atoms with Gasteiger partial charge in [0, 0.05) is 31.2 Å². The van der Waals surface area contributed by atoms with E-state index in [9.17, 15) is 9.18 Å². The molecule has 0 saturated carbocycles. The van der Waals surface area contributed by atoms with Gasteiger partial charge in [0.2, 0.25) is 0 Å². The number of carbonyl (C=O) groups excluding carboxylic acids is 1. The summed E-state index contributed by atoms with van der Waals surface area (Å²) in [6.07, 6.45) is 0. The average molecular weight is 428 g/mol. The molecular formula is C23H26FN3O2S. The molecule has 0 amide bonds. The molecule has 158 valence electrons. The van der Waals surface area contributed by atoms with Gasteiger partial charge in [0.15, 0.2) is 5.17 Å². The fourth-order valence-corrected chi connectivity index (χ4v) is 4.06. The summed E-state index contributed by atoms with van der Waals surface area (Å²) >= 11 is 1.47. The van der Waals surface area contributed by atoms with E-state index >= 15 is 0 Å². The number of amidine groups is 1. The first-order chi connectivity index (χ1) is 14.4. The Balaban J connectivity index is 1.89. The molecule has 1 atom stereocenters. The fraction of sp³-hybridized carbons (Fsp3) is 0.304. The minimum absolute atomic E-state index is 0.258. The van der Waals surface area contributed by atoms with Crippen LogP contribution in [0, 0.1) is 5.82 Å². The number of carbonyl (C=O) groups is 1. The second-order valence-corrected chi connectivity index (χ2v) is 8.09. The number of hydrogen-bond donors (Lipinski definition) is 1. The molecule has 1 N–H and O–H groups in total. The quantitative estimate of drug-likeness (QED) is 0.680. The van der Waals surface area contributed by atoms with Crippen molar-refractivity contribution in [1.82, 2.24) is 5.32 Å². The lowest BCUT2D eigenvalue weighted by Gasteiger charge is -2.26. The molecule has 1 heterocycles. The van der Waals surface area contributed by atoms with Crippen molar-refractivity contribution in [2.75, 3.05) is 25.6 Å². The van der Waals surface area contributed by atoms with Gasteiger partial charge in [0.05, 0.1) is 12.2 Å². The summed E-state index contributed by atoms with van der Waals surface area (Å²) in [5, 5.41) is 3.90. The predicted octanol–water partition coefficient (Wildman–Crippen LogP) is 4.66. The van der Waals surface area contributed by atoms with Gasteiger partial charge in [-0.3, -0.25) is 0 Å². The number of nitrogens with zero attached hydrogens (tertiary/aromatic N) is 2. The van der Waals surface area contributed by atoms with Crippen LogP contribution in [0.2, 0.25) is 0 Å². The van der Waals surface area contributed by atoms with E-state index in [1.807, 2.05) is 56.3 Å². The normalized spacial score (nSPS) is 16.0. The first-order valence-electron chi connectivity index (χ1n) is 9.76. The number of anilines is 1. The second-order valence-electron chi connectivity index (χ2n) is 7.13. The lowest BCUT2D eigenvalue weighted by Crippen LogP contribution is -2.30. The third kappa shape index (κ3) is 5.21. The SMILES string of the molecule is CCOC(=O)C1=C(C)NC(SCc2cccc(F)c2)=N[C@H]1c1ccc(N(C)C)cc1. The van der Waals surface area contributed by atoms with E-state index in [1.165, 1.54) is 23.9 Å². The van der Waals surface area contributed by atoms with Crippen LogP contribution in [0.3, 0.4) is 0 Å². The Hall–Kier alpha value is -2.80. The van der Waals surface area contributed by atoms with Crippen molar-refractivity contribution in [1.29, 1.82) is 0 Å². The molecule has 0 radical (unpaired) electrons. The van der Waals surface area contributed by atoms with Crippen LogP contribution in [-0.2, 0) is 15.3 Å². The summed E-state index contributed by atoms with van der Waals surface area (Å²) in [7, 11) is 3.96. The number of aliphatic imine (C=N–C) groups is 1. The lowest BCUT2D eigenvalue weighted by molar-refractivity contribution is -0.138. The van der Waals surface area contributed by atoms with Gasteiger partial charge in [-0.2, -0.15) is 0 Å². The molecule has 0 aliphatic carbocycles. The van der Waals surface area contributed by atoms with Crippen molar-refractivity contribution >= 4 is 28.6 Å². The summed E-state index contributed by atoms with van der Waals surface area (Å²) in [4.78, 5) is 19.5. The molecule has 0 aromatic heterocycles. The van der Waals surface area contributed by atoms with Gasteiger partial charge in [-0.15, -0.1) is 0 Å². The Kier molecular flexibility index (Phi) is 7.15. The zero-order valence-corrected chi connectivity index (χ0v) is 18.4. The maximum absolute atomic E-state index is 13.5. The number of thioether (sulfide) groups is 1. The van der Waals surface area contributed by atoms with Crippen molar-refractivity contribution < 1.29 is 13.9 Å². The largest absolute Gasteiger partial charge is 0.463 e. The van der Waals surface area contributed by atoms with E-state index in [2.05, 4.69) is 5.32 Å². The molecule has 1 aliphatic rings. The average Bonchev–Trinajstić information content (AvgIpc) is 2.72. The van der Waals surface area contributed by atoms with E-state index in [0.29, 0.717) is 28.8 Å². The van der Waals surface area contributed by atoms with Crippen molar-refractivity contribution in [3.8, 4) is 0 Å². The van der Waals surface area contributed by atoms with Gasteiger partial charge in [0.1, 0.15) is 11.9 Å². The number of halogens is 1. The van der Waals surface area contributed by atoms with Crippen LogP contribution < -0.4 is 10.2 Å². The van der Waals surface area contributed by atoms with Gasteiger partial charge in [0.25, 0.3) is 0 Å². The summed E-state index contributed by atoms with van der Waals surface area (Å²) in [5.74, 6) is -0.0639. The first kappa shape index (κ1) is 21.9. The molecule has 1 aliphatic heterocycles. The zero-order chi connectivity index (χ0) is 21.7. The maximum atomic E-state index is 13.5. The molecular weight excluding hydrogens is 401 g/mol. The molecule has 5 nitrogen and oxygen atoms in total. The minimum atomic E-state index is -0.462. The molecule has 7 heteroatoms. The highest BCUT2D eigenvalue weighted by Crippen LogP contribution is 2.34. The molecule has 0 saturated heterocycles. The molecule has 0 bridgehead atoms. The van der Waals surface area contributed by atoms with E-state index < -0.39 is 6.04 Å². The molecule has 3 rings (SSSR count). The number of hydrogen-bond acceptors (Lipinski definition) is 6. The smallest absolute Gasteiger partial charge is 0.338 e. The Morgan fingerprint density at radius 1 is 1.23 bits per heavy atom. The van der Waals surface area contributed by atoms with E-state index in [-0.39, 0.29) is 11.8 Å². The molecule has 0 spiro atoms. The molecule has 30 heavy (non-hydrogen) atoms. The topological polar surface area (TPSA) is 53.9 Å². The summed E-state index contributed by atoms with van der Waals surface area (Å²) in [6, 6.07) is 14.0. The Bertz CT molecular complexity index is 971. The van der Waals surface area contributed by atoms with Crippen LogP contribution >= 0.6 is 11.8 Å². The molecule has 0 unspecified atom stereocenters. The highest BCUT2D eigenvalue weighted by molar-refractivity contribution is 8.13. The number of allylic oxidation sites excluding steroid dienone is 1.